The topological polar surface area (TPSA) is 0 Å². The highest BCUT2D eigenvalue weighted by molar-refractivity contribution is 9.09. The Morgan fingerprint density at radius 2 is 2.00 bits per heavy atom. The molecule has 0 bridgehead atoms. The van der Waals surface area contributed by atoms with Crippen molar-refractivity contribution in [2.75, 3.05) is 5.33 Å². The second-order valence-electron chi connectivity index (χ2n) is 2.12. The van der Waals surface area contributed by atoms with Gasteiger partial charge in [0.2, 0.25) is 0 Å². The number of allylic oxidation sites excluding steroid dienone is 2. The fourth-order valence-corrected chi connectivity index (χ4v) is 0.957. The molecule has 0 aliphatic rings. The highest BCUT2D eigenvalue weighted by Crippen LogP contribution is 1.99. The van der Waals surface area contributed by atoms with Gasteiger partial charge in [-0.3, -0.25) is 0 Å². The van der Waals surface area contributed by atoms with E-state index in [9.17, 15) is 0 Å². The largest absolute Gasteiger partial charge is 0.0883 e. The third-order valence-corrected chi connectivity index (χ3v) is 1.60. The Morgan fingerprint density at radius 1 is 1.22 bits per heavy atom. The standard InChI is InChI=1S/C8H15Br/c1-2-3-4-5-6-7-8-9/h6-7H,2-5,8H2,1H3/b7-6-. The lowest BCUT2D eigenvalue weighted by Crippen LogP contribution is -1.70. The van der Waals surface area contributed by atoms with Crippen LogP contribution in [0.25, 0.3) is 0 Å². The lowest BCUT2D eigenvalue weighted by atomic mass is 10.2. The molecule has 9 heavy (non-hydrogen) atoms. The van der Waals surface area contributed by atoms with Crippen LogP contribution in [-0.4, -0.2) is 5.33 Å². The molecule has 0 amide bonds. The van der Waals surface area contributed by atoms with Gasteiger partial charge in [0.1, 0.15) is 0 Å². The molecule has 0 aliphatic carbocycles. The van der Waals surface area contributed by atoms with Gasteiger partial charge in [-0.05, 0) is 12.8 Å². The average Bonchev–Trinajstić information content (AvgIpc) is 1.89. The summed E-state index contributed by atoms with van der Waals surface area (Å²) in [5, 5.41) is 0.999. The van der Waals surface area contributed by atoms with Crippen LogP contribution in [0.15, 0.2) is 12.2 Å². The van der Waals surface area contributed by atoms with E-state index < -0.39 is 0 Å². The van der Waals surface area contributed by atoms with E-state index in [0.29, 0.717) is 0 Å². The van der Waals surface area contributed by atoms with Crippen molar-refractivity contribution in [2.45, 2.75) is 32.6 Å². The van der Waals surface area contributed by atoms with Crippen molar-refractivity contribution < 1.29 is 0 Å². The molecule has 0 aromatic carbocycles. The first-order valence-corrected chi connectivity index (χ1v) is 4.75. The third-order valence-electron chi connectivity index (χ3n) is 1.23. The number of hydrogen-bond acceptors (Lipinski definition) is 0. The molecule has 0 spiro atoms. The van der Waals surface area contributed by atoms with Crippen molar-refractivity contribution in [1.82, 2.24) is 0 Å². The summed E-state index contributed by atoms with van der Waals surface area (Å²) in [6, 6.07) is 0. The zero-order valence-corrected chi connectivity index (χ0v) is 7.65. The van der Waals surface area contributed by atoms with Crippen LogP contribution in [0.3, 0.4) is 0 Å². The van der Waals surface area contributed by atoms with Crippen LogP contribution in [0.4, 0.5) is 0 Å². The van der Waals surface area contributed by atoms with Crippen molar-refractivity contribution in [3.05, 3.63) is 12.2 Å². The lowest BCUT2D eigenvalue weighted by molar-refractivity contribution is 0.729. The first-order chi connectivity index (χ1) is 4.41. The van der Waals surface area contributed by atoms with Crippen LogP contribution in [0.5, 0.6) is 0 Å². The van der Waals surface area contributed by atoms with Crippen LogP contribution in [0.2, 0.25) is 0 Å². The zero-order chi connectivity index (χ0) is 6.95. The predicted molar refractivity (Wildman–Crippen MR) is 47.1 cm³/mol. The van der Waals surface area contributed by atoms with Crippen molar-refractivity contribution >= 4 is 15.9 Å². The van der Waals surface area contributed by atoms with Gasteiger partial charge in [-0.25, -0.2) is 0 Å². The van der Waals surface area contributed by atoms with E-state index in [2.05, 4.69) is 35.0 Å². The Balaban J connectivity index is 2.82. The molecule has 0 nitrogen and oxygen atoms in total. The fraction of sp³-hybridized carbons (Fsp3) is 0.750. The molecule has 0 aliphatic heterocycles. The Kier molecular flexibility index (Phi) is 8.42. The van der Waals surface area contributed by atoms with E-state index in [0.717, 1.165) is 5.33 Å². The second-order valence-corrected chi connectivity index (χ2v) is 2.77. The summed E-state index contributed by atoms with van der Waals surface area (Å²) in [5.41, 5.74) is 0. The Labute approximate surface area is 66.5 Å². The zero-order valence-electron chi connectivity index (χ0n) is 6.07. The molecule has 0 aromatic rings. The number of halogens is 1. The summed E-state index contributed by atoms with van der Waals surface area (Å²) in [4.78, 5) is 0. The second kappa shape index (κ2) is 8.22. The molecule has 0 N–H and O–H groups in total. The molecule has 0 atom stereocenters. The number of rotatable bonds is 5. The molecule has 54 valence electrons. The molecule has 0 heterocycles. The van der Waals surface area contributed by atoms with E-state index in [1.165, 1.54) is 25.7 Å². The fourth-order valence-electron chi connectivity index (χ4n) is 0.693. The minimum atomic E-state index is 0.999. The van der Waals surface area contributed by atoms with Gasteiger partial charge in [0.25, 0.3) is 0 Å². The van der Waals surface area contributed by atoms with Gasteiger partial charge < -0.3 is 0 Å². The maximum Gasteiger partial charge on any atom is 0.0212 e. The minimum absolute atomic E-state index is 0.999. The van der Waals surface area contributed by atoms with Gasteiger partial charge in [0, 0.05) is 5.33 Å². The van der Waals surface area contributed by atoms with Crippen LogP contribution in [0.1, 0.15) is 32.6 Å². The first kappa shape index (κ1) is 9.22. The number of hydrogen-bond donors (Lipinski definition) is 0. The molecule has 0 aromatic heterocycles. The van der Waals surface area contributed by atoms with Crippen molar-refractivity contribution in [3.8, 4) is 0 Å². The van der Waals surface area contributed by atoms with Crippen LogP contribution in [-0.2, 0) is 0 Å². The summed E-state index contributed by atoms with van der Waals surface area (Å²) in [6.45, 7) is 2.23. The highest BCUT2D eigenvalue weighted by Gasteiger charge is 1.79. The average molecular weight is 191 g/mol. The van der Waals surface area contributed by atoms with Crippen LogP contribution in [0, 0.1) is 0 Å². The molecule has 0 unspecified atom stereocenters. The Hall–Kier alpha value is 0.220. The summed E-state index contributed by atoms with van der Waals surface area (Å²) in [7, 11) is 0. The molecule has 0 fully saturated rings. The van der Waals surface area contributed by atoms with Gasteiger partial charge in [-0.15, -0.1) is 0 Å². The third kappa shape index (κ3) is 8.22. The molecular weight excluding hydrogens is 176 g/mol. The Morgan fingerprint density at radius 3 is 2.56 bits per heavy atom. The SMILES string of the molecule is CCCCC/C=C\CBr. The summed E-state index contributed by atoms with van der Waals surface area (Å²) in [6.07, 6.45) is 9.69. The van der Waals surface area contributed by atoms with E-state index in [4.69, 9.17) is 0 Å². The molecule has 0 radical (unpaired) electrons. The highest BCUT2D eigenvalue weighted by atomic mass is 79.9. The monoisotopic (exact) mass is 190 g/mol. The smallest absolute Gasteiger partial charge is 0.0212 e. The van der Waals surface area contributed by atoms with E-state index in [1.54, 1.807) is 0 Å². The van der Waals surface area contributed by atoms with Gasteiger partial charge in [-0.2, -0.15) is 0 Å². The predicted octanol–water partition coefficient (Wildman–Crippen LogP) is 3.52. The van der Waals surface area contributed by atoms with Crippen molar-refractivity contribution in [3.63, 3.8) is 0 Å². The van der Waals surface area contributed by atoms with Crippen molar-refractivity contribution in [2.24, 2.45) is 0 Å². The maximum absolute atomic E-state index is 3.33. The first-order valence-electron chi connectivity index (χ1n) is 3.62. The van der Waals surface area contributed by atoms with Gasteiger partial charge >= 0.3 is 0 Å². The molecule has 0 saturated carbocycles. The van der Waals surface area contributed by atoms with Crippen LogP contribution >= 0.6 is 15.9 Å². The van der Waals surface area contributed by atoms with E-state index in [1.807, 2.05) is 0 Å². The van der Waals surface area contributed by atoms with Crippen molar-refractivity contribution in [1.29, 1.82) is 0 Å². The van der Waals surface area contributed by atoms with Crippen LogP contribution < -0.4 is 0 Å². The van der Waals surface area contributed by atoms with E-state index >= 15 is 0 Å². The number of alkyl halides is 1. The molecule has 1 heteroatoms. The molecular formula is C8H15Br. The molecule has 0 saturated heterocycles. The summed E-state index contributed by atoms with van der Waals surface area (Å²) in [5.74, 6) is 0. The van der Waals surface area contributed by atoms with E-state index in [-0.39, 0.29) is 0 Å². The van der Waals surface area contributed by atoms with Gasteiger partial charge in [-0.1, -0.05) is 47.8 Å². The lowest BCUT2D eigenvalue weighted by Gasteiger charge is -1.89. The summed E-state index contributed by atoms with van der Waals surface area (Å²) < 4.78 is 0. The van der Waals surface area contributed by atoms with Gasteiger partial charge in [0.05, 0.1) is 0 Å². The quantitative estimate of drug-likeness (QED) is 0.354. The summed E-state index contributed by atoms with van der Waals surface area (Å²) >= 11 is 3.33. The normalized spacial score (nSPS) is 10.9. The Bertz CT molecular complexity index is 67.0. The van der Waals surface area contributed by atoms with Gasteiger partial charge in [0.15, 0.2) is 0 Å². The molecule has 0 rings (SSSR count). The maximum atomic E-state index is 3.33. The number of unbranched alkanes of at least 4 members (excludes halogenated alkanes) is 3. The minimum Gasteiger partial charge on any atom is -0.0883 e.